The molecule has 0 bridgehead atoms. The molecule has 5 heteroatoms. The fourth-order valence-corrected chi connectivity index (χ4v) is 2.46. The van der Waals surface area contributed by atoms with Crippen molar-refractivity contribution in [2.45, 2.75) is 26.6 Å². The molecule has 0 aromatic carbocycles. The number of hydrogen-bond acceptors (Lipinski definition) is 5. The Bertz CT molecular complexity index is 492. The van der Waals surface area contributed by atoms with Gasteiger partial charge in [-0.25, -0.2) is 4.98 Å². The Kier molecular flexibility index (Phi) is 4.52. The maximum atomic E-state index is 5.72. The van der Waals surface area contributed by atoms with Crippen LogP contribution in [0.15, 0.2) is 21.9 Å². The minimum Gasteiger partial charge on any atom is -0.463 e. The highest BCUT2D eigenvalue weighted by Gasteiger charge is 2.07. The van der Waals surface area contributed by atoms with Gasteiger partial charge in [-0.3, -0.25) is 4.90 Å². The maximum Gasteiger partial charge on any atom is 0.118 e. The summed E-state index contributed by atoms with van der Waals surface area (Å²) in [6.07, 6.45) is 0. The van der Waals surface area contributed by atoms with Gasteiger partial charge in [-0.15, -0.1) is 11.3 Å². The molecule has 0 unspecified atom stereocenters. The van der Waals surface area contributed by atoms with E-state index in [2.05, 4.69) is 27.6 Å². The van der Waals surface area contributed by atoms with Gasteiger partial charge in [0.25, 0.3) is 0 Å². The number of aromatic nitrogens is 1. The van der Waals surface area contributed by atoms with Crippen LogP contribution in [0.2, 0.25) is 0 Å². The van der Waals surface area contributed by atoms with E-state index in [1.54, 1.807) is 11.3 Å². The van der Waals surface area contributed by atoms with Crippen LogP contribution in [0.25, 0.3) is 0 Å². The van der Waals surface area contributed by atoms with E-state index < -0.39 is 0 Å². The number of hydrogen-bond donors (Lipinski definition) is 1. The van der Waals surface area contributed by atoms with Crippen molar-refractivity contribution in [1.29, 1.82) is 0 Å². The molecule has 4 nitrogen and oxygen atoms in total. The molecule has 98 valence electrons. The zero-order chi connectivity index (χ0) is 13.0. The second-order valence-electron chi connectivity index (χ2n) is 4.43. The van der Waals surface area contributed by atoms with E-state index in [0.717, 1.165) is 41.9 Å². The second-order valence-corrected chi connectivity index (χ2v) is 5.49. The molecule has 1 N–H and O–H groups in total. The molecule has 0 aliphatic heterocycles. The topological polar surface area (TPSA) is 41.3 Å². The predicted octanol–water partition coefficient (Wildman–Crippen LogP) is 2.40. The van der Waals surface area contributed by atoms with Crippen LogP contribution in [-0.2, 0) is 19.6 Å². The molecule has 0 radical (unpaired) electrons. The van der Waals surface area contributed by atoms with E-state index in [9.17, 15) is 0 Å². The van der Waals surface area contributed by atoms with E-state index in [1.807, 2.05) is 26.1 Å². The number of aryl methyl sites for hydroxylation is 1. The molecule has 2 rings (SSSR count). The number of thiazole rings is 1. The summed E-state index contributed by atoms with van der Waals surface area (Å²) in [5.74, 6) is 1.97. The predicted molar refractivity (Wildman–Crippen MR) is 73.5 cm³/mol. The van der Waals surface area contributed by atoms with Gasteiger partial charge in [0.15, 0.2) is 0 Å². The van der Waals surface area contributed by atoms with Gasteiger partial charge in [-0.05, 0) is 33.2 Å². The SMILES string of the molecule is CNCc1ccc(CN(C)Cc2csc(C)n2)o1. The molecule has 0 spiro atoms. The summed E-state index contributed by atoms with van der Waals surface area (Å²) in [4.78, 5) is 6.67. The van der Waals surface area contributed by atoms with Gasteiger partial charge in [-0.2, -0.15) is 0 Å². The van der Waals surface area contributed by atoms with Crippen LogP contribution in [0.3, 0.4) is 0 Å². The van der Waals surface area contributed by atoms with Crippen LogP contribution in [0, 0.1) is 6.92 Å². The van der Waals surface area contributed by atoms with Crippen molar-refractivity contribution in [2.75, 3.05) is 14.1 Å². The average Bonchev–Trinajstić information content (AvgIpc) is 2.89. The monoisotopic (exact) mass is 265 g/mol. The summed E-state index contributed by atoms with van der Waals surface area (Å²) in [6.45, 7) is 4.46. The van der Waals surface area contributed by atoms with Crippen molar-refractivity contribution >= 4 is 11.3 Å². The molecular formula is C13H19N3OS. The third kappa shape index (κ3) is 3.66. The molecule has 0 aliphatic rings. The van der Waals surface area contributed by atoms with Crippen LogP contribution < -0.4 is 5.32 Å². The molecule has 2 heterocycles. The van der Waals surface area contributed by atoms with E-state index >= 15 is 0 Å². The summed E-state index contributed by atoms with van der Waals surface area (Å²) in [6, 6.07) is 4.06. The molecule has 0 aliphatic carbocycles. The Labute approximate surface area is 112 Å². The maximum absolute atomic E-state index is 5.72. The summed E-state index contributed by atoms with van der Waals surface area (Å²) in [5, 5.41) is 6.31. The minimum absolute atomic E-state index is 0.773. The van der Waals surface area contributed by atoms with E-state index in [4.69, 9.17) is 4.42 Å². The Balaban J connectivity index is 1.88. The highest BCUT2D eigenvalue weighted by Crippen LogP contribution is 2.13. The molecule has 0 saturated carbocycles. The zero-order valence-corrected chi connectivity index (χ0v) is 11.9. The first-order valence-electron chi connectivity index (χ1n) is 5.99. The Morgan fingerprint density at radius 1 is 1.33 bits per heavy atom. The quantitative estimate of drug-likeness (QED) is 0.871. The van der Waals surface area contributed by atoms with Crippen molar-refractivity contribution in [3.05, 3.63) is 39.7 Å². The smallest absolute Gasteiger partial charge is 0.118 e. The normalized spacial score (nSPS) is 11.3. The van der Waals surface area contributed by atoms with Crippen molar-refractivity contribution in [3.8, 4) is 0 Å². The minimum atomic E-state index is 0.773. The van der Waals surface area contributed by atoms with Crippen molar-refractivity contribution in [2.24, 2.45) is 0 Å². The number of nitrogens with zero attached hydrogens (tertiary/aromatic N) is 2. The fourth-order valence-electron chi connectivity index (χ4n) is 1.86. The van der Waals surface area contributed by atoms with Crippen LogP contribution >= 0.6 is 11.3 Å². The van der Waals surface area contributed by atoms with Gasteiger partial charge in [0.05, 0.1) is 23.8 Å². The van der Waals surface area contributed by atoms with Crippen LogP contribution in [0.5, 0.6) is 0 Å². The molecule has 0 amide bonds. The first-order valence-corrected chi connectivity index (χ1v) is 6.87. The van der Waals surface area contributed by atoms with Gasteiger partial charge < -0.3 is 9.73 Å². The van der Waals surface area contributed by atoms with Gasteiger partial charge in [0.1, 0.15) is 11.5 Å². The molecule has 0 fully saturated rings. The average molecular weight is 265 g/mol. The van der Waals surface area contributed by atoms with Crippen molar-refractivity contribution in [3.63, 3.8) is 0 Å². The highest BCUT2D eigenvalue weighted by atomic mass is 32.1. The lowest BCUT2D eigenvalue weighted by Gasteiger charge is -2.13. The standard InChI is InChI=1S/C13H19N3OS/c1-10-15-11(9-18-10)7-16(3)8-13-5-4-12(17-13)6-14-2/h4-5,9,14H,6-8H2,1-3H3. The molecule has 0 atom stereocenters. The van der Waals surface area contributed by atoms with Crippen molar-refractivity contribution < 1.29 is 4.42 Å². The van der Waals surface area contributed by atoms with E-state index in [0.29, 0.717) is 0 Å². The van der Waals surface area contributed by atoms with Gasteiger partial charge >= 0.3 is 0 Å². The summed E-state index contributed by atoms with van der Waals surface area (Å²) >= 11 is 1.69. The van der Waals surface area contributed by atoms with Crippen molar-refractivity contribution in [1.82, 2.24) is 15.2 Å². The van der Waals surface area contributed by atoms with E-state index in [1.165, 1.54) is 0 Å². The molecule has 18 heavy (non-hydrogen) atoms. The third-order valence-corrected chi connectivity index (χ3v) is 3.41. The third-order valence-electron chi connectivity index (χ3n) is 2.59. The van der Waals surface area contributed by atoms with E-state index in [-0.39, 0.29) is 0 Å². The van der Waals surface area contributed by atoms with Gasteiger partial charge in [-0.1, -0.05) is 0 Å². The van der Waals surface area contributed by atoms with Crippen LogP contribution in [-0.4, -0.2) is 24.0 Å². The largest absolute Gasteiger partial charge is 0.463 e. The molecule has 2 aromatic heterocycles. The number of nitrogens with one attached hydrogen (secondary N) is 1. The van der Waals surface area contributed by atoms with Crippen LogP contribution in [0.1, 0.15) is 22.2 Å². The lowest BCUT2D eigenvalue weighted by molar-refractivity contribution is 0.280. The summed E-state index contributed by atoms with van der Waals surface area (Å²) in [5.41, 5.74) is 1.13. The second kappa shape index (κ2) is 6.13. The Hall–Kier alpha value is -1.17. The summed E-state index contributed by atoms with van der Waals surface area (Å²) < 4.78 is 5.72. The lowest BCUT2D eigenvalue weighted by Crippen LogP contribution is -2.17. The number of rotatable bonds is 6. The highest BCUT2D eigenvalue weighted by molar-refractivity contribution is 7.09. The summed E-state index contributed by atoms with van der Waals surface area (Å²) in [7, 11) is 3.99. The zero-order valence-electron chi connectivity index (χ0n) is 11.1. The molecule has 2 aromatic rings. The first kappa shape index (κ1) is 13.3. The molecule has 0 saturated heterocycles. The first-order chi connectivity index (χ1) is 8.67. The Morgan fingerprint density at radius 2 is 2.11 bits per heavy atom. The lowest BCUT2D eigenvalue weighted by atomic mass is 10.3. The Morgan fingerprint density at radius 3 is 2.78 bits per heavy atom. The van der Waals surface area contributed by atoms with Gasteiger partial charge in [0, 0.05) is 11.9 Å². The number of furan rings is 1. The van der Waals surface area contributed by atoms with Gasteiger partial charge in [0.2, 0.25) is 0 Å². The molecular weight excluding hydrogens is 246 g/mol. The van der Waals surface area contributed by atoms with Crippen LogP contribution in [0.4, 0.5) is 0 Å². The fraction of sp³-hybridized carbons (Fsp3) is 0.462.